The van der Waals surface area contributed by atoms with Crippen molar-refractivity contribution in [2.45, 2.75) is 39.8 Å². The minimum absolute atomic E-state index is 0.110. The zero-order valence-corrected chi connectivity index (χ0v) is 12.6. The molecular weight excluding hydrogens is 250 g/mol. The first-order valence-electron chi connectivity index (χ1n) is 7.35. The molecular formula is C16H25N3O. The average molecular weight is 275 g/mol. The molecule has 1 aliphatic heterocycles. The Kier molecular flexibility index (Phi) is 4.65. The largest absolute Gasteiger partial charge is 0.398 e. The van der Waals surface area contributed by atoms with Crippen molar-refractivity contribution < 1.29 is 4.79 Å². The van der Waals surface area contributed by atoms with Crippen molar-refractivity contribution in [3.8, 4) is 0 Å². The third-order valence-corrected chi connectivity index (χ3v) is 4.14. The first-order chi connectivity index (χ1) is 9.47. The maximum absolute atomic E-state index is 12.0. The summed E-state index contributed by atoms with van der Waals surface area (Å²) in [4.78, 5) is 14.2. The standard InChI is InChI=1S/C16H25N3O/c1-11(2)12(3)18-16(20)10-19-8-7-14-13(9-19)5-4-6-15(14)17/h4-6,11-12H,7-10,17H2,1-3H3,(H,18,20). The van der Waals surface area contributed by atoms with Crippen molar-refractivity contribution in [2.75, 3.05) is 18.8 Å². The van der Waals surface area contributed by atoms with Crippen LogP contribution >= 0.6 is 0 Å². The Morgan fingerprint density at radius 3 is 2.85 bits per heavy atom. The molecule has 110 valence electrons. The average Bonchev–Trinajstić information content (AvgIpc) is 2.38. The number of hydrogen-bond donors (Lipinski definition) is 2. The molecule has 1 heterocycles. The van der Waals surface area contributed by atoms with E-state index in [-0.39, 0.29) is 11.9 Å². The summed E-state index contributed by atoms with van der Waals surface area (Å²) in [5, 5.41) is 3.06. The maximum atomic E-state index is 12.0. The van der Waals surface area contributed by atoms with Crippen LogP contribution in [0, 0.1) is 5.92 Å². The fourth-order valence-corrected chi connectivity index (χ4v) is 2.50. The topological polar surface area (TPSA) is 58.4 Å². The Morgan fingerprint density at radius 1 is 1.40 bits per heavy atom. The van der Waals surface area contributed by atoms with E-state index in [0.717, 1.165) is 25.2 Å². The minimum atomic E-state index is 0.110. The number of nitrogens with one attached hydrogen (secondary N) is 1. The normalized spacial score (nSPS) is 16.8. The summed E-state index contributed by atoms with van der Waals surface area (Å²) < 4.78 is 0. The van der Waals surface area contributed by atoms with Gasteiger partial charge < -0.3 is 11.1 Å². The summed E-state index contributed by atoms with van der Waals surface area (Å²) in [6.45, 7) is 8.45. The summed E-state index contributed by atoms with van der Waals surface area (Å²) in [5.74, 6) is 0.569. The van der Waals surface area contributed by atoms with Crippen LogP contribution in [-0.4, -0.2) is 29.9 Å². The predicted molar refractivity (Wildman–Crippen MR) is 82.3 cm³/mol. The Morgan fingerprint density at radius 2 is 2.15 bits per heavy atom. The number of fused-ring (bicyclic) bond motifs is 1. The van der Waals surface area contributed by atoms with Gasteiger partial charge in [-0.3, -0.25) is 9.69 Å². The van der Waals surface area contributed by atoms with Gasteiger partial charge in [-0.05, 0) is 36.5 Å². The summed E-state index contributed by atoms with van der Waals surface area (Å²) in [7, 11) is 0. The minimum Gasteiger partial charge on any atom is -0.398 e. The number of benzene rings is 1. The zero-order valence-electron chi connectivity index (χ0n) is 12.6. The molecule has 4 heteroatoms. The van der Waals surface area contributed by atoms with Crippen LogP contribution < -0.4 is 11.1 Å². The van der Waals surface area contributed by atoms with Gasteiger partial charge in [0.25, 0.3) is 0 Å². The molecule has 4 nitrogen and oxygen atoms in total. The van der Waals surface area contributed by atoms with Gasteiger partial charge in [0.2, 0.25) is 5.91 Å². The van der Waals surface area contributed by atoms with Crippen molar-refractivity contribution in [3.63, 3.8) is 0 Å². The van der Waals surface area contributed by atoms with Crippen molar-refractivity contribution in [2.24, 2.45) is 5.92 Å². The van der Waals surface area contributed by atoms with Crippen molar-refractivity contribution in [1.29, 1.82) is 0 Å². The Labute approximate surface area is 121 Å². The Balaban J connectivity index is 1.92. The highest BCUT2D eigenvalue weighted by Gasteiger charge is 2.20. The first kappa shape index (κ1) is 14.9. The molecule has 3 N–H and O–H groups in total. The van der Waals surface area contributed by atoms with Gasteiger partial charge in [0, 0.05) is 24.8 Å². The zero-order chi connectivity index (χ0) is 14.7. The number of amides is 1. The molecule has 1 amide bonds. The van der Waals surface area contributed by atoms with E-state index in [1.807, 2.05) is 12.1 Å². The van der Waals surface area contributed by atoms with Crippen molar-refractivity contribution in [1.82, 2.24) is 10.2 Å². The van der Waals surface area contributed by atoms with Gasteiger partial charge in [-0.1, -0.05) is 26.0 Å². The molecule has 0 saturated heterocycles. The number of hydrogen-bond acceptors (Lipinski definition) is 3. The molecule has 1 aliphatic rings. The molecule has 0 spiro atoms. The summed E-state index contributed by atoms with van der Waals surface area (Å²) >= 11 is 0. The summed E-state index contributed by atoms with van der Waals surface area (Å²) in [6.07, 6.45) is 0.926. The van der Waals surface area contributed by atoms with Crippen LogP contribution in [-0.2, 0) is 17.8 Å². The van der Waals surface area contributed by atoms with Crippen LogP contribution in [0.1, 0.15) is 31.9 Å². The fraction of sp³-hybridized carbons (Fsp3) is 0.562. The molecule has 0 fully saturated rings. The third-order valence-electron chi connectivity index (χ3n) is 4.14. The lowest BCUT2D eigenvalue weighted by Gasteiger charge is -2.29. The van der Waals surface area contributed by atoms with Crippen LogP contribution in [0.15, 0.2) is 18.2 Å². The van der Waals surface area contributed by atoms with Crippen molar-refractivity contribution >= 4 is 11.6 Å². The number of nitrogens with zero attached hydrogens (tertiary/aromatic N) is 1. The molecule has 0 saturated carbocycles. The van der Waals surface area contributed by atoms with Gasteiger partial charge in [0.15, 0.2) is 0 Å². The van der Waals surface area contributed by atoms with Crippen LogP contribution in [0.25, 0.3) is 0 Å². The number of carbonyl (C=O) groups is 1. The van der Waals surface area contributed by atoms with Gasteiger partial charge in [-0.25, -0.2) is 0 Å². The lowest BCUT2D eigenvalue weighted by Crippen LogP contribution is -2.44. The summed E-state index contributed by atoms with van der Waals surface area (Å²) in [6, 6.07) is 6.26. The van der Waals surface area contributed by atoms with Crippen LogP contribution in [0.5, 0.6) is 0 Å². The first-order valence-corrected chi connectivity index (χ1v) is 7.35. The van der Waals surface area contributed by atoms with E-state index in [0.29, 0.717) is 12.5 Å². The highest BCUT2D eigenvalue weighted by atomic mass is 16.2. The maximum Gasteiger partial charge on any atom is 0.234 e. The van der Waals surface area contributed by atoms with E-state index in [9.17, 15) is 4.79 Å². The Bertz CT molecular complexity index is 485. The third kappa shape index (κ3) is 3.51. The Hall–Kier alpha value is -1.55. The van der Waals surface area contributed by atoms with Crippen LogP contribution in [0.2, 0.25) is 0 Å². The summed E-state index contributed by atoms with van der Waals surface area (Å²) in [5.41, 5.74) is 9.37. The van der Waals surface area contributed by atoms with Gasteiger partial charge >= 0.3 is 0 Å². The lowest BCUT2D eigenvalue weighted by atomic mass is 9.98. The number of nitrogens with two attached hydrogens (primary N) is 1. The highest BCUT2D eigenvalue weighted by molar-refractivity contribution is 5.78. The van der Waals surface area contributed by atoms with Gasteiger partial charge in [-0.2, -0.15) is 0 Å². The molecule has 1 unspecified atom stereocenters. The SMILES string of the molecule is CC(C)C(C)NC(=O)CN1CCc2c(N)cccc2C1. The molecule has 1 atom stereocenters. The number of anilines is 1. The predicted octanol–water partition coefficient (Wildman–Crippen LogP) is 1.79. The van der Waals surface area contributed by atoms with Crippen molar-refractivity contribution in [3.05, 3.63) is 29.3 Å². The lowest BCUT2D eigenvalue weighted by molar-refractivity contribution is -0.123. The monoisotopic (exact) mass is 275 g/mol. The van der Waals surface area contributed by atoms with E-state index in [1.165, 1.54) is 11.1 Å². The van der Waals surface area contributed by atoms with E-state index >= 15 is 0 Å². The number of rotatable bonds is 4. The highest BCUT2D eigenvalue weighted by Crippen LogP contribution is 2.23. The second-order valence-corrected chi connectivity index (χ2v) is 6.05. The number of nitrogen functional groups attached to an aromatic ring is 1. The smallest absolute Gasteiger partial charge is 0.234 e. The van der Waals surface area contributed by atoms with E-state index in [4.69, 9.17) is 5.73 Å². The van der Waals surface area contributed by atoms with Crippen LogP contribution in [0.4, 0.5) is 5.69 Å². The quantitative estimate of drug-likeness (QED) is 0.824. The molecule has 0 aliphatic carbocycles. The van der Waals surface area contributed by atoms with Crippen LogP contribution in [0.3, 0.4) is 0 Å². The fourth-order valence-electron chi connectivity index (χ4n) is 2.50. The second-order valence-electron chi connectivity index (χ2n) is 6.05. The van der Waals surface area contributed by atoms with E-state index < -0.39 is 0 Å². The van der Waals surface area contributed by atoms with E-state index in [2.05, 4.69) is 37.1 Å². The molecule has 2 rings (SSSR count). The molecule has 20 heavy (non-hydrogen) atoms. The second kappa shape index (κ2) is 6.27. The molecule has 0 bridgehead atoms. The molecule has 1 aromatic rings. The van der Waals surface area contributed by atoms with Gasteiger partial charge in [0.1, 0.15) is 0 Å². The van der Waals surface area contributed by atoms with Gasteiger partial charge in [0.05, 0.1) is 6.54 Å². The number of carbonyl (C=O) groups excluding carboxylic acids is 1. The molecule has 0 aromatic heterocycles. The molecule has 1 aromatic carbocycles. The van der Waals surface area contributed by atoms with Gasteiger partial charge in [-0.15, -0.1) is 0 Å². The van der Waals surface area contributed by atoms with E-state index in [1.54, 1.807) is 0 Å². The molecule has 0 radical (unpaired) electrons.